The van der Waals surface area contributed by atoms with E-state index in [9.17, 15) is 0 Å². The van der Waals surface area contributed by atoms with E-state index < -0.39 is 0 Å². The molecule has 1 fully saturated rings. The quantitative estimate of drug-likeness (QED) is 0.833. The van der Waals surface area contributed by atoms with Crippen LogP contribution in [0, 0.1) is 5.92 Å². The molecule has 3 rings (SSSR count). The highest BCUT2D eigenvalue weighted by atomic mass is 32.1. The highest BCUT2D eigenvalue weighted by Gasteiger charge is 2.21. The number of anilines is 2. The third kappa shape index (κ3) is 3.12. The van der Waals surface area contributed by atoms with Crippen LogP contribution in [0.3, 0.4) is 0 Å². The highest BCUT2D eigenvalue weighted by molar-refractivity contribution is 7.18. The molecule has 21 heavy (non-hydrogen) atoms. The van der Waals surface area contributed by atoms with Gasteiger partial charge in [0.15, 0.2) is 0 Å². The van der Waals surface area contributed by atoms with Crippen LogP contribution in [0.4, 0.5) is 11.8 Å². The van der Waals surface area contributed by atoms with Gasteiger partial charge in [-0.2, -0.15) is 4.98 Å². The number of nitrogens with zero attached hydrogens (tertiary/aromatic N) is 2. The summed E-state index contributed by atoms with van der Waals surface area (Å²) >= 11 is 1.72. The Balaban J connectivity index is 1.93. The molecule has 0 amide bonds. The highest BCUT2D eigenvalue weighted by Crippen LogP contribution is 2.32. The molecule has 1 saturated carbocycles. The topological polar surface area (TPSA) is 63.8 Å². The van der Waals surface area contributed by atoms with Crippen molar-refractivity contribution < 1.29 is 0 Å². The Morgan fingerprint density at radius 2 is 2.10 bits per heavy atom. The number of rotatable bonds is 3. The average molecular weight is 304 g/mol. The molecule has 0 spiro atoms. The first-order chi connectivity index (χ1) is 10.2. The fourth-order valence-corrected chi connectivity index (χ4v) is 4.13. The van der Waals surface area contributed by atoms with E-state index in [0.29, 0.717) is 17.9 Å². The van der Waals surface area contributed by atoms with Gasteiger partial charge in [-0.15, -0.1) is 11.3 Å². The second-order valence-electron chi connectivity index (χ2n) is 6.08. The molecule has 2 heterocycles. The minimum absolute atomic E-state index is 0.371. The number of nitrogens with one attached hydrogen (secondary N) is 1. The molecule has 2 aromatic heterocycles. The first-order valence-electron chi connectivity index (χ1n) is 8.00. The number of fused-ring (bicyclic) bond motifs is 1. The Kier molecular flexibility index (Phi) is 4.29. The fourth-order valence-electron chi connectivity index (χ4n) is 3.16. The lowest BCUT2D eigenvalue weighted by Crippen LogP contribution is -2.27. The van der Waals surface area contributed by atoms with Crippen molar-refractivity contribution >= 4 is 33.3 Å². The van der Waals surface area contributed by atoms with Crippen molar-refractivity contribution in [2.45, 2.75) is 58.4 Å². The second kappa shape index (κ2) is 6.18. The van der Waals surface area contributed by atoms with Gasteiger partial charge in [-0.1, -0.05) is 33.1 Å². The normalized spacial score (nSPS) is 23.1. The van der Waals surface area contributed by atoms with Gasteiger partial charge in [0.1, 0.15) is 10.6 Å². The lowest BCUT2D eigenvalue weighted by atomic mass is 9.97. The van der Waals surface area contributed by atoms with Gasteiger partial charge in [0.25, 0.3) is 0 Å². The maximum Gasteiger partial charge on any atom is 0.223 e. The van der Waals surface area contributed by atoms with Crippen LogP contribution >= 0.6 is 11.3 Å². The van der Waals surface area contributed by atoms with Gasteiger partial charge >= 0.3 is 0 Å². The molecule has 2 aromatic rings. The zero-order chi connectivity index (χ0) is 14.8. The SMILES string of the molecule is CCc1cc2c(NC3CCCCCC3C)nc(N)nc2s1. The van der Waals surface area contributed by atoms with Crippen molar-refractivity contribution in [1.29, 1.82) is 0 Å². The van der Waals surface area contributed by atoms with Gasteiger partial charge in [0.05, 0.1) is 5.39 Å². The van der Waals surface area contributed by atoms with Gasteiger partial charge in [-0.05, 0) is 31.2 Å². The van der Waals surface area contributed by atoms with Crippen molar-refractivity contribution in [2.75, 3.05) is 11.1 Å². The Labute approximate surface area is 130 Å². The maximum atomic E-state index is 5.89. The zero-order valence-electron chi connectivity index (χ0n) is 12.9. The molecule has 2 atom stereocenters. The summed E-state index contributed by atoms with van der Waals surface area (Å²) in [5.74, 6) is 1.98. The van der Waals surface area contributed by atoms with Crippen LogP contribution in [0.15, 0.2) is 6.07 Å². The molecular weight excluding hydrogens is 280 g/mol. The van der Waals surface area contributed by atoms with Crippen molar-refractivity contribution in [3.63, 3.8) is 0 Å². The summed E-state index contributed by atoms with van der Waals surface area (Å²) in [5.41, 5.74) is 5.89. The average Bonchev–Trinajstić information content (AvgIpc) is 2.77. The van der Waals surface area contributed by atoms with Gasteiger partial charge in [0, 0.05) is 10.9 Å². The van der Waals surface area contributed by atoms with Crippen LogP contribution in [-0.2, 0) is 6.42 Å². The number of nitrogens with two attached hydrogens (primary N) is 1. The second-order valence-corrected chi connectivity index (χ2v) is 7.20. The van der Waals surface area contributed by atoms with Gasteiger partial charge in [-0.25, -0.2) is 4.98 Å². The van der Waals surface area contributed by atoms with E-state index in [4.69, 9.17) is 5.73 Å². The van der Waals surface area contributed by atoms with E-state index in [1.54, 1.807) is 11.3 Å². The van der Waals surface area contributed by atoms with Crippen LogP contribution in [0.25, 0.3) is 10.2 Å². The van der Waals surface area contributed by atoms with Gasteiger partial charge < -0.3 is 11.1 Å². The molecule has 0 aliphatic heterocycles. The van der Waals surface area contributed by atoms with Crippen LogP contribution in [0.1, 0.15) is 50.8 Å². The summed E-state index contributed by atoms with van der Waals surface area (Å²) in [7, 11) is 0. The molecule has 2 unspecified atom stereocenters. The number of hydrogen-bond donors (Lipinski definition) is 2. The molecule has 114 valence electrons. The predicted octanol–water partition coefficient (Wildman–Crippen LogP) is 4.22. The lowest BCUT2D eigenvalue weighted by Gasteiger charge is -2.23. The number of aromatic nitrogens is 2. The first-order valence-corrected chi connectivity index (χ1v) is 8.81. The van der Waals surface area contributed by atoms with E-state index in [-0.39, 0.29) is 0 Å². The van der Waals surface area contributed by atoms with Crippen LogP contribution in [0.2, 0.25) is 0 Å². The summed E-state index contributed by atoms with van der Waals surface area (Å²) in [6.45, 7) is 4.51. The molecule has 4 nitrogen and oxygen atoms in total. The maximum absolute atomic E-state index is 5.89. The van der Waals surface area contributed by atoms with Crippen LogP contribution < -0.4 is 11.1 Å². The van der Waals surface area contributed by atoms with Gasteiger partial charge in [0.2, 0.25) is 5.95 Å². The minimum atomic E-state index is 0.371. The molecule has 0 radical (unpaired) electrons. The smallest absolute Gasteiger partial charge is 0.223 e. The van der Waals surface area contributed by atoms with Gasteiger partial charge in [-0.3, -0.25) is 0 Å². The molecule has 0 bridgehead atoms. The minimum Gasteiger partial charge on any atom is -0.368 e. The first kappa shape index (κ1) is 14.6. The molecular formula is C16H24N4S. The largest absolute Gasteiger partial charge is 0.368 e. The Morgan fingerprint density at radius 3 is 2.90 bits per heavy atom. The van der Waals surface area contributed by atoms with E-state index in [0.717, 1.165) is 22.5 Å². The number of hydrogen-bond acceptors (Lipinski definition) is 5. The van der Waals surface area contributed by atoms with Crippen molar-refractivity contribution in [1.82, 2.24) is 9.97 Å². The third-order valence-corrected chi connectivity index (χ3v) is 5.67. The summed E-state index contributed by atoms with van der Waals surface area (Å²) in [6, 6.07) is 2.71. The standard InChI is InChI=1S/C16H24N4S/c1-3-11-9-12-14(19-16(17)20-15(12)21-11)18-13-8-6-4-5-7-10(13)2/h9-10,13H,3-8H2,1-2H3,(H3,17,18,19,20). The van der Waals surface area contributed by atoms with E-state index in [1.807, 2.05) is 0 Å². The Bertz CT molecular complexity index is 622. The summed E-state index contributed by atoms with van der Waals surface area (Å²) in [4.78, 5) is 11.2. The molecule has 0 saturated heterocycles. The van der Waals surface area contributed by atoms with E-state index in [1.165, 1.54) is 37.0 Å². The van der Waals surface area contributed by atoms with Crippen molar-refractivity contribution in [3.8, 4) is 0 Å². The number of aryl methyl sites for hydroxylation is 1. The molecule has 1 aliphatic rings. The summed E-state index contributed by atoms with van der Waals surface area (Å²) in [6.07, 6.45) is 7.54. The van der Waals surface area contributed by atoms with Crippen LogP contribution in [0.5, 0.6) is 0 Å². The van der Waals surface area contributed by atoms with Crippen LogP contribution in [-0.4, -0.2) is 16.0 Å². The molecule has 3 N–H and O–H groups in total. The number of nitrogen functional groups attached to an aromatic ring is 1. The Hall–Kier alpha value is -1.36. The molecule has 5 heteroatoms. The van der Waals surface area contributed by atoms with Crippen molar-refractivity contribution in [3.05, 3.63) is 10.9 Å². The molecule has 1 aliphatic carbocycles. The third-order valence-electron chi connectivity index (χ3n) is 4.49. The molecule has 0 aromatic carbocycles. The van der Waals surface area contributed by atoms with E-state index in [2.05, 4.69) is 35.2 Å². The lowest BCUT2D eigenvalue weighted by molar-refractivity contribution is 0.456. The summed E-state index contributed by atoms with van der Waals surface area (Å²) in [5, 5.41) is 4.79. The van der Waals surface area contributed by atoms with E-state index >= 15 is 0 Å². The predicted molar refractivity (Wildman–Crippen MR) is 90.9 cm³/mol. The Morgan fingerprint density at radius 1 is 1.29 bits per heavy atom. The monoisotopic (exact) mass is 304 g/mol. The summed E-state index contributed by atoms with van der Waals surface area (Å²) < 4.78 is 0. The van der Waals surface area contributed by atoms with Crippen molar-refractivity contribution in [2.24, 2.45) is 5.92 Å². The fraction of sp³-hybridized carbons (Fsp3) is 0.625. The zero-order valence-corrected chi connectivity index (χ0v) is 13.7. The number of thiophene rings is 1.